The fraction of sp³-hybridized carbons (Fsp3) is 0.136. The number of amides is 1. The number of halogens is 2. The van der Waals surface area contributed by atoms with E-state index in [2.05, 4.69) is 21.2 Å². The lowest BCUT2D eigenvalue weighted by atomic mass is 10.1. The Morgan fingerprint density at radius 2 is 1.82 bits per heavy atom. The van der Waals surface area contributed by atoms with Crippen LogP contribution in [0.4, 0.5) is 5.69 Å². The first-order valence-electron chi connectivity index (χ1n) is 8.59. The van der Waals surface area contributed by atoms with Gasteiger partial charge in [-0.25, -0.2) is 0 Å². The van der Waals surface area contributed by atoms with Gasteiger partial charge in [0.2, 0.25) is 0 Å². The van der Waals surface area contributed by atoms with Gasteiger partial charge >= 0.3 is 0 Å². The Hall–Kier alpha value is -2.50. The molecule has 0 radical (unpaired) electrons. The number of rotatable bonds is 6. The number of hydrogen-bond acceptors (Lipinski definition) is 3. The van der Waals surface area contributed by atoms with Gasteiger partial charge < -0.3 is 14.8 Å². The Balaban J connectivity index is 1.76. The van der Waals surface area contributed by atoms with Crippen LogP contribution in [0, 0.1) is 6.92 Å². The topological polar surface area (TPSA) is 47.6 Å². The zero-order valence-corrected chi connectivity index (χ0v) is 17.8. The van der Waals surface area contributed by atoms with E-state index in [-0.39, 0.29) is 12.5 Å². The van der Waals surface area contributed by atoms with Crippen LogP contribution in [0.15, 0.2) is 65.1 Å². The van der Waals surface area contributed by atoms with Crippen molar-refractivity contribution in [1.82, 2.24) is 0 Å². The Labute approximate surface area is 177 Å². The van der Waals surface area contributed by atoms with E-state index in [0.717, 1.165) is 21.3 Å². The molecule has 0 heterocycles. The molecule has 1 amide bonds. The highest BCUT2D eigenvalue weighted by Gasteiger charge is 2.12. The van der Waals surface area contributed by atoms with E-state index in [1.807, 2.05) is 43.3 Å². The molecule has 144 valence electrons. The standard InChI is InChI=1S/C22H19BrClNO3/c1-14-11-19(8-9-20(14)24)28-13-16-12-15(3-10-21(16)27-2)22(26)25-18-6-4-17(23)5-7-18/h3-12H,13H2,1-2H3,(H,25,26). The van der Waals surface area contributed by atoms with Gasteiger partial charge in [0.1, 0.15) is 18.1 Å². The average Bonchev–Trinajstić information content (AvgIpc) is 2.70. The summed E-state index contributed by atoms with van der Waals surface area (Å²) < 4.78 is 12.2. The smallest absolute Gasteiger partial charge is 0.255 e. The van der Waals surface area contributed by atoms with Crippen LogP contribution in [0.25, 0.3) is 0 Å². The molecule has 1 N–H and O–H groups in total. The second-order valence-electron chi connectivity index (χ2n) is 6.19. The van der Waals surface area contributed by atoms with Gasteiger partial charge in [0.25, 0.3) is 5.91 Å². The molecule has 4 nitrogen and oxygen atoms in total. The lowest BCUT2D eigenvalue weighted by Gasteiger charge is -2.13. The largest absolute Gasteiger partial charge is 0.496 e. The van der Waals surface area contributed by atoms with Crippen molar-refractivity contribution in [2.75, 3.05) is 12.4 Å². The fourth-order valence-electron chi connectivity index (χ4n) is 2.64. The molecule has 28 heavy (non-hydrogen) atoms. The van der Waals surface area contributed by atoms with E-state index < -0.39 is 0 Å². The number of anilines is 1. The lowest BCUT2D eigenvalue weighted by molar-refractivity contribution is 0.102. The molecule has 3 rings (SSSR count). The van der Waals surface area contributed by atoms with E-state index in [0.29, 0.717) is 22.1 Å². The molecule has 0 fully saturated rings. The number of aryl methyl sites for hydroxylation is 1. The molecule has 6 heteroatoms. The van der Waals surface area contributed by atoms with Crippen LogP contribution in [0.2, 0.25) is 5.02 Å². The molecule has 0 aromatic heterocycles. The molecular weight excluding hydrogens is 442 g/mol. The van der Waals surface area contributed by atoms with E-state index in [1.165, 1.54) is 0 Å². The lowest BCUT2D eigenvalue weighted by Crippen LogP contribution is -2.12. The first kappa shape index (κ1) is 20.2. The predicted molar refractivity (Wildman–Crippen MR) is 116 cm³/mol. The van der Waals surface area contributed by atoms with Gasteiger partial charge in [-0.1, -0.05) is 27.5 Å². The highest BCUT2D eigenvalue weighted by Crippen LogP contribution is 2.25. The highest BCUT2D eigenvalue weighted by atomic mass is 79.9. The number of ether oxygens (including phenoxy) is 2. The van der Waals surface area contributed by atoms with E-state index in [1.54, 1.807) is 31.4 Å². The van der Waals surface area contributed by atoms with Crippen LogP contribution in [0.5, 0.6) is 11.5 Å². The maximum absolute atomic E-state index is 12.6. The van der Waals surface area contributed by atoms with Gasteiger partial charge in [-0.2, -0.15) is 0 Å². The van der Waals surface area contributed by atoms with Gasteiger partial charge in [0.05, 0.1) is 7.11 Å². The minimum absolute atomic E-state index is 0.200. The summed E-state index contributed by atoms with van der Waals surface area (Å²) in [4.78, 5) is 12.6. The Kier molecular flexibility index (Phi) is 6.60. The number of carbonyl (C=O) groups excluding carboxylic acids is 1. The summed E-state index contributed by atoms with van der Waals surface area (Å²) in [5.74, 6) is 1.16. The summed E-state index contributed by atoms with van der Waals surface area (Å²) in [6.45, 7) is 2.19. The van der Waals surface area contributed by atoms with E-state index in [9.17, 15) is 4.79 Å². The maximum Gasteiger partial charge on any atom is 0.255 e. The van der Waals surface area contributed by atoms with Crippen molar-refractivity contribution in [2.24, 2.45) is 0 Å². The van der Waals surface area contributed by atoms with Crippen molar-refractivity contribution in [2.45, 2.75) is 13.5 Å². The van der Waals surface area contributed by atoms with Crippen molar-refractivity contribution in [3.8, 4) is 11.5 Å². The summed E-state index contributed by atoms with van der Waals surface area (Å²) in [7, 11) is 1.59. The summed E-state index contributed by atoms with van der Waals surface area (Å²) in [5.41, 5.74) is 2.96. The zero-order valence-electron chi connectivity index (χ0n) is 15.5. The Bertz CT molecular complexity index is 990. The normalized spacial score (nSPS) is 10.4. The maximum atomic E-state index is 12.6. The monoisotopic (exact) mass is 459 g/mol. The molecule has 0 saturated heterocycles. The Morgan fingerprint density at radius 3 is 2.50 bits per heavy atom. The molecule has 3 aromatic rings. The number of benzene rings is 3. The summed E-state index contributed by atoms with van der Waals surface area (Å²) >= 11 is 9.43. The molecule has 0 unspecified atom stereocenters. The van der Waals surface area contributed by atoms with Crippen molar-refractivity contribution in [1.29, 1.82) is 0 Å². The SMILES string of the molecule is COc1ccc(C(=O)Nc2ccc(Br)cc2)cc1COc1ccc(Cl)c(C)c1. The first-order chi connectivity index (χ1) is 13.5. The minimum atomic E-state index is -0.200. The molecule has 0 spiro atoms. The molecule has 0 atom stereocenters. The van der Waals surface area contributed by atoms with Crippen molar-refractivity contribution in [3.05, 3.63) is 86.8 Å². The van der Waals surface area contributed by atoms with Crippen LogP contribution in [-0.2, 0) is 6.61 Å². The first-order valence-corrected chi connectivity index (χ1v) is 9.76. The molecule has 0 bridgehead atoms. The molecular formula is C22H19BrClNO3. The third kappa shape index (κ3) is 5.06. The fourth-order valence-corrected chi connectivity index (χ4v) is 3.02. The third-order valence-corrected chi connectivity index (χ3v) is 5.12. The Morgan fingerprint density at radius 1 is 1.07 bits per heavy atom. The van der Waals surface area contributed by atoms with E-state index >= 15 is 0 Å². The quantitative estimate of drug-likeness (QED) is 0.473. The summed E-state index contributed by atoms with van der Waals surface area (Å²) in [6.07, 6.45) is 0. The van der Waals surface area contributed by atoms with Gasteiger partial charge in [-0.3, -0.25) is 4.79 Å². The predicted octanol–water partition coefficient (Wildman–Crippen LogP) is 6.25. The molecule has 0 aliphatic rings. The van der Waals surface area contributed by atoms with Crippen LogP contribution >= 0.6 is 27.5 Å². The van der Waals surface area contributed by atoms with Crippen LogP contribution in [0.3, 0.4) is 0 Å². The zero-order chi connectivity index (χ0) is 20.1. The molecule has 0 aliphatic carbocycles. The van der Waals surface area contributed by atoms with Crippen LogP contribution in [-0.4, -0.2) is 13.0 Å². The molecule has 0 aliphatic heterocycles. The van der Waals surface area contributed by atoms with Crippen LogP contribution < -0.4 is 14.8 Å². The van der Waals surface area contributed by atoms with Crippen LogP contribution in [0.1, 0.15) is 21.5 Å². The van der Waals surface area contributed by atoms with Gasteiger partial charge in [0.15, 0.2) is 0 Å². The van der Waals surface area contributed by atoms with Crippen molar-refractivity contribution >= 4 is 39.1 Å². The third-order valence-electron chi connectivity index (χ3n) is 4.17. The van der Waals surface area contributed by atoms with Crippen molar-refractivity contribution < 1.29 is 14.3 Å². The second-order valence-corrected chi connectivity index (χ2v) is 7.51. The summed E-state index contributed by atoms with van der Waals surface area (Å²) in [5, 5.41) is 3.57. The molecule has 0 saturated carbocycles. The second kappa shape index (κ2) is 9.13. The van der Waals surface area contributed by atoms with Crippen molar-refractivity contribution in [3.63, 3.8) is 0 Å². The van der Waals surface area contributed by atoms with Gasteiger partial charge in [-0.05, 0) is 73.2 Å². The number of carbonyl (C=O) groups is 1. The van der Waals surface area contributed by atoms with Gasteiger partial charge in [-0.15, -0.1) is 0 Å². The number of nitrogens with one attached hydrogen (secondary N) is 1. The minimum Gasteiger partial charge on any atom is -0.496 e. The van der Waals surface area contributed by atoms with E-state index in [4.69, 9.17) is 21.1 Å². The summed E-state index contributed by atoms with van der Waals surface area (Å²) in [6, 6.07) is 18.2. The number of hydrogen-bond donors (Lipinski definition) is 1. The average molecular weight is 461 g/mol. The molecule has 3 aromatic carbocycles. The van der Waals surface area contributed by atoms with Gasteiger partial charge in [0, 0.05) is 26.3 Å². The highest BCUT2D eigenvalue weighted by molar-refractivity contribution is 9.10. The number of methoxy groups -OCH3 is 1.